The molecule has 14 heavy (non-hydrogen) atoms. The maximum Gasteiger partial charge on any atom is 0.0538 e. The lowest BCUT2D eigenvalue weighted by Crippen LogP contribution is -2.33. The lowest BCUT2D eigenvalue weighted by Gasteiger charge is -2.22. The molecule has 0 bridgehead atoms. The van der Waals surface area contributed by atoms with Crippen LogP contribution >= 0.6 is 11.8 Å². The van der Waals surface area contributed by atoms with Crippen molar-refractivity contribution in [3.8, 4) is 0 Å². The third kappa shape index (κ3) is 5.23. The second-order valence-corrected chi connectivity index (χ2v) is 5.27. The molecule has 0 aliphatic carbocycles. The van der Waals surface area contributed by atoms with Crippen LogP contribution in [0.25, 0.3) is 0 Å². The van der Waals surface area contributed by atoms with Crippen LogP contribution in [-0.2, 0) is 0 Å². The first-order valence-electron chi connectivity index (χ1n) is 5.82. The minimum Gasteiger partial charge on any atom is -0.393 e. The maximum atomic E-state index is 9.36. The van der Waals surface area contributed by atoms with E-state index < -0.39 is 0 Å². The Balaban J connectivity index is 1.92. The number of thioether (sulfide) groups is 1. The fourth-order valence-electron chi connectivity index (χ4n) is 1.75. The summed E-state index contributed by atoms with van der Waals surface area (Å²) >= 11 is 2.07. The van der Waals surface area contributed by atoms with Crippen molar-refractivity contribution in [2.45, 2.75) is 51.2 Å². The Labute approximate surface area is 91.9 Å². The van der Waals surface area contributed by atoms with E-state index in [9.17, 15) is 5.11 Å². The van der Waals surface area contributed by atoms with Crippen LogP contribution < -0.4 is 5.32 Å². The second-order valence-electron chi connectivity index (χ2n) is 4.05. The number of aliphatic hydroxyl groups excluding tert-OH is 1. The zero-order valence-electron chi connectivity index (χ0n) is 9.17. The van der Waals surface area contributed by atoms with E-state index >= 15 is 0 Å². The summed E-state index contributed by atoms with van der Waals surface area (Å²) in [5.74, 6) is 2.63. The third-order valence-corrected chi connectivity index (χ3v) is 3.89. The molecule has 1 fully saturated rings. The molecule has 0 aromatic rings. The summed E-state index contributed by atoms with van der Waals surface area (Å²) in [6.45, 7) is 3.11. The van der Waals surface area contributed by atoms with E-state index in [1.54, 1.807) is 0 Å². The monoisotopic (exact) mass is 217 g/mol. The van der Waals surface area contributed by atoms with Crippen molar-refractivity contribution < 1.29 is 5.11 Å². The first kappa shape index (κ1) is 12.3. The van der Waals surface area contributed by atoms with Crippen LogP contribution in [0.3, 0.4) is 0 Å². The molecule has 2 N–H and O–H groups in total. The molecule has 1 saturated heterocycles. The van der Waals surface area contributed by atoms with Crippen LogP contribution in [0, 0.1) is 0 Å². The standard InChI is InChI=1S/C11H23NOS/c1-2-11(13)4-3-7-12-10-5-8-14-9-6-10/h10-13H,2-9H2,1H3. The van der Waals surface area contributed by atoms with Gasteiger partial charge in [0.1, 0.15) is 0 Å². The van der Waals surface area contributed by atoms with Crippen molar-refractivity contribution in [3.63, 3.8) is 0 Å². The number of nitrogens with one attached hydrogen (secondary N) is 1. The van der Waals surface area contributed by atoms with Gasteiger partial charge in [-0.25, -0.2) is 0 Å². The molecule has 0 aromatic carbocycles. The van der Waals surface area contributed by atoms with Gasteiger partial charge in [-0.2, -0.15) is 11.8 Å². The van der Waals surface area contributed by atoms with Crippen molar-refractivity contribution in [1.29, 1.82) is 0 Å². The van der Waals surface area contributed by atoms with Gasteiger partial charge in [-0.15, -0.1) is 0 Å². The van der Waals surface area contributed by atoms with Gasteiger partial charge in [0.2, 0.25) is 0 Å². The summed E-state index contributed by atoms with van der Waals surface area (Å²) in [5.41, 5.74) is 0. The van der Waals surface area contributed by atoms with E-state index in [0.717, 1.165) is 31.8 Å². The quantitative estimate of drug-likeness (QED) is 0.668. The molecule has 1 unspecified atom stereocenters. The van der Waals surface area contributed by atoms with Crippen molar-refractivity contribution in [2.24, 2.45) is 0 Å². The van der Waals surface area contributed by atoms with Crippen LogP contribution in [-0.4, -0.2) is 35.3 Å². The third-order valence-electron chi connectivity index (χ3n) is 2.84. The largest absolute Gasteiger partial charge is 0.393 e. The molecule has 84 valence electrons. The number of hydrogen-bond donors (Lipinski definition) is 2. The molecule has 0 radical (unpaired) electrons. The van der Waals surface area contributed by atoms with Gasteiger partial charge in [0, 0.05) is 6.04 Å². The average molecular weight is 217 g/mol. The minimum atomic E-state index is -0.0845. The molecule has 3 heteroatoms. The van der Waals surface area contributed by atoms with Crippen molar-refractivity contribution in [3.05, 3.63) is 0 Å². The van der Waals surface area contributed by atoms with Crippen LogP contribution in [0.4, 0.5) is 0 Å². The van der Waals surface area contributed by atoms with Crippen LogP contribution in [0.5, 0.6) is 0 Å². The van der Waals surface area contributed by atoms with E-state index in [0.29, 0.717) is 0 Å². The fraction of sp³-hybridized carbons (Fsp3) is 1.00. The van der Waals surface area contributed by atoms with E-state index in [2.05, 4.69) is 17.1 Å². The Hall–Kier alpha value is 0.270. The molecular weight excluding hydrogens is 194 g/mol. The highest BCUT2D eigenvalue weighted by atomic mass is 32.2. The maximum absolute atomic E-state index is 9.36. The Morgan fingerprint density at radius 2 is 2.14 bits per heavy atom. The van der Waals surface area contributed by atoms with E-state index in [1.165, 1.54) is 24.3 Å². The molecule has 1 heterocycles. The van der Waals surface area contributed by atoms with Crippen LogP contribution in [0.15, 0.2) is 0 Å². The van der Waals surface area contributed by atoms with Gasteiger partial charge in [-0.05, 0) is 50.2 Å². The molecule has 1 aliphatic heterocycles. The zero-order chi connectivity index (χ0) is 10.2. The van der Waals surface area contributed by atoms with Crippen molar-refractivity contribution in [2.75, 3.05) is 18.1 Å². The number of rotatable bonds is 6. The van der Waals surface area contributed by atoms with Gasteiger partial charge in [0.25, 0.3) is 0 Å². The van der Waals surface area contributed by atoms with Gasteiger partial charge in [-0.1, -0.05) is 6.92 Å². The van der Waals surface area contributed by atoms with Gasteiger partial charge in [0.05, 0.1) is 6.10 Å². The summed E-state index contributed by atoms with van der Waals surface area (Å²) in [5, 5.41) is 12.9. The molecule has 1 rings (SSSR count). The number of aliphatic hydroxyl groups is 1. The molecule has 0 spiro atoms. The molecule has 1 aliphatic rings. The Morgan fingerprint density at radius 1 is 1.43 bits per heavy atom. The Morgan fingerprint density at radius 3 is 2.79 bits per heavy atom. The molecular formula is C11H23NOS. The molecule has 2 nitrogen and oxygen atoms in total. The van der Waals surface area contributed by atoms with E-state index in [4.69, 9.17) is 0 Å². The lowest BCUT2D eigenvalue weighted by atomic mass is 10.1. The predicted molar refractivity (Wildman–Crippen MR) is 63.9 cm³/mol. The smallest absolute Gasteiger partial charge is 0.0538 e. The topological polar surface area (TPSA) is 32.3 Å². The molecule has 1 atom stereocenters. The average Bonchev–Trinajstić information content (AvgIpc) is 2.25. The first-order valence-corrected chi connectivity index (χ1v) is 6.97. The van der Waals surface area contributed by atoms with Crippen LogP contribution in [0.1, 0.15) is 39.0 Å². The minimum absolute atomic E-state index is 0.0845. The molecule has 0 saturated carbocycles. The SMILES string of the molecule is CCC(O)CCCNC1CCSCC1. The Bertz CT molecular complexity index is 137. The summed E-state index contributed by atoms with van der Waals surface area (Å²) < 4.78 is 0. The highest BCUT2D eigenvalue weighted by Crippen LogP contribution is 2.16. The predicted octanol–water partition coefficient (Wildman–Crippen LogP) is 2.02. The number of hydrogen-bond acceptors (Lipinski definition) is 3. The first-order chi connectivity index (χ1) is 6.83. The van der Waals surface area contributed by atoms with Gasteiger partial charge in [0.15, 0.2) is 0 Å². The zero-order valence-corrected chi connectivity index (χ0v) is 9.98. The highest BCUT2D eigenvalue weighted by molar-refractivity contribution is 7.99. The fourth-order valence-corrected chi connectivity index (χ4v) is 2.86. The summed E-state index contributed by atoms with van der Waals surface area (Å²) in [7, 11) is 0. The van der Waals surface area contributed by atoms with E-state index in [1.807, 2.05) is 6.92 Å². The van der Waals surface area contributed by atoms with Gasteiger partial charge in [-0.3, -0.25) is 0 Å². The summed E-state index contributed by atoms with van der Waals surface area (Å²) in [4.78, 5) is 0. The van der Waals surface area contributed by atoms with Crippen molar-refractivity contribution >= 4 is 11.8 Å². The van der Waals surface area contributed by atoms with Crippen LogP contribution in [0.2, 0.25) is 0 Å². The second kappa shape index (κ2) is 7.55. The molecule has 0 aromatic heterocycles. The van der Waals surface area contributed by atoms with E-state index in [-0.39, 0.29) is 6.10 Å². The summed E-state index contributed by atoms with van der Waals surface area (Å²) in [6, 6.07) is 0.745. The Kier molecular flexibility index (Phi) is 6.65. The highest BCUT2D eigenvalue weighted by Gasteiger charge is 2.12. The summed E-state index contributed by atoms with van der Waals surface area (Å²) in [6.07, 6.45) is 5.50. The molecule has 0 amide bonds. The lowest BCUT2D eigenvalue weighted by molar-refractivity contribution is 0.157. The van der Waals surface area contributed by atoms with Gasteiger partial charge >= 0.3 is 0 Å². The van der Waals surface area contributed by atoms with Gasteiger partial charge < -0.3 is 10.4 Å². The van der Waals surface area contributed by atoms with Crippen molar-refractivity contribution in [1.82, 2.24) is 5.32 Å². The normalized spacial score (nSPS) is 21.0.